The maximum Gasteiger partial charge on any atom is 0.267 e. The molecule has 0 atom stereocenters. The third-order valence-corrected chi connectivity index (χ3v) is 5.10. The molecule has 0 radical (unpaired) electrons. The second-order valence-electron chi connectivity index (χ2n) is 5.83. The van der Waals surface area contributed by atoms with Gasteiger partial charge in [-0.3, -0.25) is 9.52 Å². The average molecular weight is 453 g/mol. The topological polar surface area (TPSA) is 96.5 Å². The number of hydrogen-bond acceptors (Lipinski definition) is 5. The molecule has 0 aromatic heterocycles. The number of methoxy groups -OCH3 is 1. The van der Waals surface area contributed by atoms with E-state index in [0.29, 0.717) is 0 Å². The standard InChI is InChI=1S/C17H16F5N3O4S/c1-8(26)23-5-6-24-10-7-9(3-4-11(10)29-2)25-30(27,28)17-15(21)13(19)12(18)14(20)16(17)22/h3-4,7,24-25H,5-6H2,1-2H3,(H,23,26). The Balaban J connectivity index is 2.36. The van der Waals surface area contributed by atoms with Gasteiger partial charge in [0.2, 0.25) is 11.7 Å². The molecular weight excluding hydrogens is 437 g/mol. The van der Waals surface area contributed by atoms with E-state index in [2.05, 4.69) is 10.6 Å². The minimum absolute atomic E-state index is 0.212. The number of amides is 1. The smallest absolute Gasteiger partial charge is 0.267 e. The van der Waals surface area contributed by atoms with Crippen molar-refractivity contribution in [2.45, 2.75) is 11.8 Å². The molecule has 7 nitrogen and oxygen atoms in total. The summed E-state index contributed by atoms with van der Waals surface area (Å²) in [6.45, 7) is 1.75. The van der Waals surface area contributed by atoms with E-state index in [1.54, 1.807) is 4.72 Å². The highest BCUT2D eigenvalue weighted by Crippen LogP contribution is 2.31. The number of sulfonamides is 1. The van der Waals surface area contributed by atoms with Crippen LogP contribution in [0.1, 0.15) is 6.92 Å². The molecule has 0 aliphatic carbocycles. The van der Waals surface area contributed by atoms with Crippen molar-refractivity contribution in [1.82, 2.24) is 5.32 Å². The predicted molar refractivity (Wildman–Crippen MR) is 97.2 cm³/mol. The summed E-state index contributed by atoms with van der Waals surface area (Å²) in [5.41, 5.74) is -0.0118. The number of ether oxygens (including phenoxy) is 1. The Hall–Kier alpha value is -3.09. The summed E-state index contributed by atoms with van der Waals surface area (Å²) in [6.07, 6.45) is 0. The molecule has 2 aromatic carbocycles. The van der Waals surface area contributed by atoms with Crippen molar-refractivity contribution in [1.29, 1.82) is 0 Å². The van der Waals surface area contributed by atoms with E-state index in [1.807, 2.05) is 0 Å². The minimum atomic E-state index is -5.18. The highest BCUT2D eigenvalue weighted by atomic mass is 32.2. The van der Waals surface area contributed by atoms with Crippen molar-refractivity contribution in [3.63, 3.8) is 0 Å². The molecule has 0 saturated heterocycles. The average Bonchev–Trinajstić information content (AvgIpc) is 2.67. The minimum Gasteiger partial charge on any atom is -0.495 e. The fraction of sp³-hybridized carbons (Fsp3) is 0.235. The quantitative estimate of drug-likeness (QED) is 0.247. The summed E-state index contributed by atoms with van der Waals surface area (Å²) in [6, 6.07) is 3.63. The molecule has 0 unspecified atom stereocenters. The highest BCUT2D eigenvalue weighted by molar-refractivity contribution is 7.92. The lowest BCUT2D eigenvalue weighted by molar-refractivity contribution is -0.118. The van der Waals surface area contributed by atoms with E-state index in [4.69, 9.17) is 4.74 Å². The number of carbonyl (C=O) groups is 1. The lowest BCUT2D eigenvalue weighted by Crippen LogP contribution is -2.26. The number of anilines is 2. The van der Waals surface area contributed by atoms with E-state index in [1.165, 1.54) is 26.2 Å². The molecule has 0 spiro atoms. The predicted octanol–water partition coefficient (Wildman–Crippen LogP) is 2.74. The molecule has 13 heteroatoms. The lowest BCUT2D eigenvalue weighted by Gasteiger charge is -2.15. The first-order chi connectivity index (χ1) is 14.0. The maximum atomic E-state index is 13.9. The normalized spacial score (nSPS) is 11.2. The zero-order chi connectivity index (χ0) is 22.6. The monoisotopic (exact) mass is 453 g/mol. The Kier molecular flexibility index (Phi) is 7.08. The summed E-state index contributed by atoms with van der Waals surface area (Å²) >= 11 is 0. The van der Waals surface area contributed by atoms with Crippen LogP contribution in [0, 0.1) is 29.1 Å². The van der Waals surface area contributed by atoms with Gasteiger partial charge in [-0.2, -0.15) is 0 Å². The van der Waals surface area contributed by atoms with E-state index in [-0.39, 0.29) is 36.1 Å². The van der Waals surface area contributed by atoms with Gasteiger partial charge in [0, 0.05) is 20.0 Å². The molecule has 2 aromatic rings. The van der Waals surface area contributed by atoms with Crippen LogP contribution in [0.3, 0.4) is 0 Å². The van der Waals surface area contributed by atoms with E-state index in [0.717, 1.165) is 6.07 Å². The largest absolute Gasteiger partial charge is 0.495 e. The van der Waals surface area contributed by atoms with Crippen LogP contribution in [0.15, 0.2) is 23.1 Å². The molecule has 0 aliphatic rings. The van der Waals surface area contributed by atoms with Gasteiger partial charge in [-0.05, 0) is 18.2 Å². The molecule has 0 heterocycles. The van der Waals surface area contributed by atoms with Crippen LogP contribution < -0.4 is 20.1 Å². The Morgan fingerprint density at radius 3 is 2.07 bits per heavy atom. The second kappa shape index (κ2) is 9.15. The zero-order valence-electron chi connectivity index (χ0n) is 15.6. The maximum absolute atomic E-state index is 13.9. The van der Waals surface area contributed by atoms with Crippen LogP contribution in [-0.4, -0.2) is 34.5 Å². The second-order valence-corrected chi connectivity index (χ2v) is 7.45. The summed E-state index contributed by atoms with van der Waals surface area (Å²) in [4.78, 5) is 8.86. The van der Waals surface area contributed by atoms with E-state index >= 15 is 0 Å². The van der Waals surface area contributed by atoms with Gasteiger partial charge in [-0.15, -0.1) is 0 Å². The molecule has 0 bridgehead atoms. The molecule has 30 heavy (non-hydrogen) atoms. The van der Waals surface area contributed by atoms with Crippen LogP contribution in [0.4, 0.5) is 33.3 Å². The third kappa shape index (κ3) is 4.90. The summed E-state index contributed by atoms with van der Waals surface area (Å²) in [7, 11) is -3.86. The number of halogens is 5. The summed E-state index contributed by atoms with van der Waals surface area (Å²) in [5.74, 6) is -12.2. The zero-order valence-corrected chi connectivity index (χ0v) is 16.4. The lowest BCUT2D eigenvalue weighted by atomic mass is 10.2. The molecule has 0 aliphatic heterocycles. The third-order valence-electron chi connectivity index (χ3n) is 3.70. The SMILES string of the molecule is COc1ccc(NS(=O)(=O)c2c(F)c(F)c(F)c(F)c2F)cc1NCCNC(C)=O. The molecule has 0 fully saturated rings. The number of hydrogen-bond donors (Lipinski definition) is 3. The molecule has 1 amide bonds. The van der Waals surface area contributed by atoms with Crippen molar-refractivity contribution in [2.24, 2.45) is 0 Å². The van der Waals surface area contributed by atoms with Crippen molar-refractivity contribution in [3.8, 4) is 5.75 Å². The number of rotatable bonds is 8. The van der Waals surface area contributed by atoms with Gasteiger partial charge < -0.3 is 15.4 Å². The first-order valence-electron chi connectivity index (χ1n) is 8.20. The Morgan fingerprint density at radius 1 is 0.967 bits per heavy atom. The van der Waals surface area contributed by atoms with Crippen LogP contribution >= 0.6 is 0 Å². The summed E-state index contributed by atoms with van der Waals surface area (Å²) in [5, 5.41) is 5.36. The van der Waals surface area contributed by atoms with Crippen LogP contribution in [0.25, 0.3) is 0 Å². The first kappa shape index (κ1) is 23.2. The van der Waals surface area contributed by atoms with Gasteiger partial charge in [-0.1, -0.05) is 0 Å². The fourth-order valence-electron chi connectivity index (χ4n) is 2.37. The van der Waals surface area contributed by atoms with E-state index in [9.17, 15) is 35.2 Å². The van der Waals surface area contributed by atoms with Crippen LogP contribution in [0.2, 0.25) is 0 Å². The summed E-state index contributed by atoms with van der Waals surface area (Å²) < 4.78 is 99.1. The molecule has 2 rings (SSSR count). The van der Waals surface area contributed by atoms with Gasteiger partial charge in [0.25, 0.3) is 10.0 Å². The molecule has 164 valence electrons. The van der Waals surface area contributed by atoms with E-state index < -0.39 is 44.0 Å². The number of benzene rings is 2. The van der Waals surface area contributed by atoms with Gasteiger partial charge >= 0.3 is 0 Å². The van der Waals surface area contributed by atoms with Gasteiger partial charge in [0.15, 0.2) is 28.2 Å². The van der Waals surface area contributed by atoms with Crippen molar-refractivity contribution < 1.29 is 39.9 Å². The van der Waals surface area contributed by atoms with Gasteiger partial charge in [-0.25, -0.2) is 30.4 Å². The van der Waals surface area contributed by atoms with Crippen LogP contribution in [-0.2, 0) is 14.8 Å². The van der Waals surface area contributed by atoms with Crippen molar-refractivity contribution in [2.75, 3.05) is 30.2 Å². The Bertz CT molecular complexity index is 1050. The molecule has 3 N–H and O–H groups in total. The van der Waals surface area contributed by atoms with Gasteiger partial charge in [0.05, 0.1) is 18.5 Å². The fourth-order valence-corrected chi connectivity index (χ4v) is 3.56. The van der Waals surface area contributed by atoms with Crippen molar-refractivity contribution >= 4 is 27.3 Å². The number of carbonyl (C=O) groups excluding carboxylic acids is 1. The van der Waals surface area contributed by atoms with Crippen molar-refractivity contribution in [3.05, 3.63) is 47.3 Å². The first-order valence-corrected chi connectivity index (χ1v) is 9.68. The molecular formula is C17H16F5N3O4S. The Morgan fingerprint density at radius 2 is 1.53 bits per heavy atom. The highest BCUT2D eigenvalue weighted by Gasteiger charge is 2.33. The Labute approximate surface area is 168 Å². The molecule has 0 saturated carbocycles. The number of nitrogens with one attached hydrogen (secondary N) is 3. The van der Waals surface area contributed by atoms with Crippen LogP contribution in [0.5, 0.6) is 5.75 Å². The van der Waals surface area contributed by atoms with Gasteiger partial charge in [0.1, 0.15) is 5.75 Å².